The predicted molar refractivity (Wildman–Crippen MR) is 82.4 cm³/mol. The molecule has 112 valence electrons. The zero-order valence-electron chi connectivity index (χ0n) is 12.4. The van der Waals surface area contributed by atoms with Crippen LogP contribution in [0.2, 0.25) is 0 Å². The number of halogens is 2. The van der Waals surface area contributed by atoms with E-state index in [2.05, 4.69) is 24.4 Å². The lowest BCUT2D eigenvalue weighted by atomic mass is 9.85. The molecule has 0 saturated heterocycles. The highest BCUT2D eigenvalue weighted by Crippen LogP contribution is 2.26. The first-order valence-electron chi connectivity index (χ1n) is 7.32. The second kappa shape index (κ2) is 7.32. The van der Waals surface area contributed by atoms with E-state index < -0.39 is 11.6 Å². The quantitative estimate of drug-likeness (QED) is 0.836. The van der Waals surface area contributed by atoms with Gasteiger partial charge in [-0.05, 0) is 43.5 Å². The van der Waals surface area contributed by atoms with Gasteiger partial charge in [-0.3, -0.25) is 0 Å². The fourth-order valence-electron chi connectivity index (χ4n) is 2.85. The molecule has 1 nitrogen and oxygen atoms in total. The molecule has 0 bridgehead atoms. The summed E-state index contributed by atoms with van der Waals surface area (Å²) in [6.07, 6.45) is 1.24. The lowest BCUT2D eigenvalue weighted by molar-refractivity contribution is 0.431. The molecule has 0 aliphatic carbocycles. The maximum absolute atomic E-state index is 13.8. The third-order valence-electron chi connectivity index (χ3n) is 4.01. The topological polar surface area (TPSA) is 12.0 Å². The third kappa shape index (κ3) is 3.67. The van der Waals surface area contributed by atoms with Crippen molar-refractivity contribution < 1.29 is 8.78 Å². The Morgan fingerprint density at radius 2 is 1.57 bits per heavy atom. The van der Waals surface area contributed by atoms with Gasteiger partial charge in [0.25, 0.3) is 0 Å². The van der Waals surface area contributed by atoms with Gasteiger partial charge in [0.2, 0.25) is 0 Å². The van der Waals surface area contributed by atoms with Crippen LogP contribution in [0.15, 0.2) is 48.5 Å². The van der Waals surface area contributed by atoms with Crippen LogP contribution >= 0.6 is 0 Å². The van der Waals surface area contributed by atoms with Crippen LogP contribution in [0.5, 0.6) is 0 Å². The molecule has 0 radical (unpaired) electrons. The molecule has 2 aromatic carbocycles. The fraction of sp³-hybridized carbons (Fsp3) is 0.333. The number of nitrogens with one attached hydrogen (secondary N) is 1. The molecule has 21 heavy (non-hydrogen) atoms. The molecule has 0 saturated carbocycles. The van der Waals surface area contributed by atoms with Gasteiger partial charge in [-0.2, -0.15) is 0 Å². The van der Waals surface area contributed by atoms with Crippen molar-refractivity contribution in [3.63, 3.8) is 0 Å². The van der Waals surface area contributed by atoms with Crippen molar-refractivity contribution in [1.82, 2.24) is 5.32 Å². The molecule has 0 aromatic heterocycles. The van der Waals surface area contributed by atoms with Gasteiger partial charge in [0, 0.05) is 11.6 Å². The molecule has 1 N–H and O–H groups in total. The van der Waals surface area contributed by atoms with Crippen molar-refractivity contribution in [2.45, 2.75) is 31.7 Å². The molecule has 2 rings (SSSR count). The van der Waals surface area contributed by atoms with E-state index in [0.717, 1.165) is 6.42 Å². The Kier molecular flexibility index (Phi) is 5.45. The molecule has 2 atom stereocenters. The Hall–Kier alpha value is -1.74. The summed E-state index contributed by atoms with van der Waals surface area (Å²) in [5.41, 5.74) is 1.35. The predicted octanol–water partition coefficient (Wildman–Crippen LogP) is 4.29. The summed E-state index contributed by atoms with van der Waals surface area (Å²) >= 11 is 0. The van der Waals surface area contributed by atoms with E-state index in [1.165, 1.54) is 23.8 Å². The van der Waals surface area contributed by atoms with Crippen LogP contribution in [0, 0.1) is 11.6 Å². The van der Waals surface area contributed by atoms with Crippen molar-refractivity contribution in [2.75, 3.05) is 7.05 Å². The Labute approximate surface area is 125 Å². The molecular formula is C18H21F2N. The van der Waals surface area contributed by atoms with Crippen molar-refractivity contribution in [2.24, 2.45) is 0 Å². The summed E-state index contributed by atoms with van der Waals surface area (Å²) in [7, 11) is 1.84. The summed E-state index contributed by atoms with van der Waals surface area (Å²) in [5.74, 6) is -0.730. The molecular weight excluding hydrogens is 268 g/mol. The van der Waals surface area contributed by atoms with Crippen LogP contribution in [-0.2, 0) is 6.42 Å². The fourth-order valence-corrected chi connectivity index (χ4v) is 2.85. The maximum atomic E-state index is 13.8. The highest BCUT2D eigenvalue weighted by molar-refractivity contribution is 5.25. The number of likely N-dealkylation sites (N-methyl/N-ethyl adjacent to an activating group) is 1. The Balaban J connectivity index is 2.26. The minimum absolute atomic E-state index is 0.0104. The first-order chi connectivity index (χ1) is 10.2. The van der Waals surface area contributed by atoms with E-state index in [9.17, 15) is 8.78 Å². The number of benzene rings is 2. The van der Waals surface area contributed by atoms with E-state index in [1.807, 2.05) is 25.2 Å². The minimum Gasteiger partial charge on any atom is -0.316 e. The van der Waals surface area contributed by atoms with Crippen molar-refractivity contribution in [3.05, 3.63) is 71.3 Å². The summed E-state index contributed by atoms with van der Waals surface area (Å²) in [6.45, 7) is 2.10. The zero-order chi connectivity index (χ0) is 15.2. The molecule has 3 heteroatoms. The average molecular weight is 289 g/mol. The summed E-state index contributed by atoms with van der Waals surface area (Å²) < 4.78 is 27.7. The highest BCUT2D eigenvalue weighted by atomic mass is 19.1. The standard InChI is InChI=1S/C18H21F2N/c1-3-14(13-8-5-4-6-9-13)18(21-2)12-15-16(19)10-7-11-17(15)20/h4-11,14,18,21H,3,12H2,1-2H3. The van der Waals surface area contributed by atoms with Gasteiger partial charge in [-0.15, -0.1) is 0 Å². The summed E-state index contributed by atoms with van der Waals surface area (Å²) in [5, 5.41) is 3.22. The number of hydrogen-bond acceptors (Lipinski definition) is 1. The first-order valence-corrected chi connectivity index (χ1v) is 7.32. The molecule has 0 spiro atoms. The van der Waals surface area contributed by atoms with Crippen molar-refractivity contribution in [1.29, 1.82) is 0 Å². The lowest BCUT2D eigenvalue weighted by Gasteiger charge is -2.27. The zero-order valence-corrected chi connectivity index (χ0v) is 12.4. The van der Waals surface area contributed by atoms with Crippen molar-refractivity contribution in [3.8, 4) is 0 Å². The van der Waals surface area contributed by atoms with E-state index in [4.69, 9.17) is 0 Å². The third-order valence-corrected chi connectivity index (χ3v) is 4.01. The minimum atomic E-state index is -0.474. The van der Waals surface area contributed by atoms with Gasteiger partial charge >= 0.3 is 0 Å². The van der Waals surface area contributed by atoms with E-state index in [0.29, 0.717) is 6.42 Å². The smallest absolute Gasteiger partial charge is 0.129 e. The van der Waals surface area contributed by atoms with Crippen LogP contribution in [0.3, 0.4) is 0 Å². The van der Waals surface area contributed by atoms with Crippen molar-refractivity contribution >= 4 is 0 Å². The highest BCUT2D eigenvalue weighted by Gasteiger charge is 2.23. The molecule has 0 aliphatic rings. The second-order valence-electron chi connectivity index (χ2n) is 5.22. The van der Waals surface area contributed by atoms with Gasteiger partial charge < -0.3 is 5.32 Å². The van der Waals surface area contributed by atoms with Gasteiger partial charge in [-0.25, -0.2) is 8.78 Å². The van der Waals surface area contributed by atoms with E-state index >= 15 is 0 Å². The van der Waals surface area contributed by atoms with E-state index in [-0.39, 0.29) is 17.5 Å². The van der Waals surface area contributed by atoms with Crippen LogP contribution in [-0.4, -0.2) is 13.1 Å². The Morgan fingerprint density at radius 1 is 0.952 bits per heavy atom. The molecule has 0 fully saturated rings. The molecule has 2 unspecified atom stereocenters. The normalized spacial score (nSPS) is 13.9. The largest absolute Gasteiger partial charge is 0.316 e. The number of rotatable bonds is 6. The van der Waals surface area contributed by atoms with Crippen LogP contribution in [0.1, 0.15) is 30.4 Å². The average Bonchev–Trinajstić information content (AvgIpc) is 2.51. The Bertz CT molecular complexity index is 548. The van der Waals surface area contributed by atoms with Crippen LogP contribution < -0.4 is 5.32 Å². The van der Waals surface area contributed by atoms with Gasteiger partial charge in [-0.1, -0.05) is 43.3 Å². The monoisotopic (exact) mass is 289 g/mol. The summed E-state index contributed by atoms with van der Waals surface area (Å²) in [4.78, 5) is 0. The van der Waals surface area contributed by atoms with E-state index in [1.54, 1.807) is 0 Å². The second-order valence-corrected chi connectivity index (χ2v) is 5.22. The van der Waals surface area contributed by atoms with Gasteiger partial charge in [0.1, 0.15) is 11.6 Å². The summed E-state index contributed by atoms with van der Waals surface area (Å²) in [6, 6.07) is 14.1. The van der Waals surface area contributed by atoms with Crippen LogP contribution in [0.4, 0.5) is 8.78 Å². The van der Waals surface area contributed by atoms with Gasteiger partial charge in [0.15, 0.2) is 0 Å². The Morgan fingerprint density at radius 3 is 2.10 bits per heavy atom. The maximum Gasteiger partial charge on any atom is 0.129 e. The lowest BCUT2D eigenvalue weighted by Crippen LogP contribution is -2.34. The molecule has 0 heterocycles. The van der Waals surface area contributed by atoms with Crippen LogP contribution in [0.25, 0.3) is 0 Å². The first kappa shape index (κ1) is 15.6. The number of hydrogen-bond donors (Lipinski definition) is 1. The molecule has 2 aromatic rings. The SMILES string of the molecule is CCC(c1ccccc1)C(Cc1c(F)cccc1F)NC. The molecule has 0 aliphatic heterocycles. The van der Waals surface area contributed by atoms with Gasteiger partial charge in [0.05, 0.1) is 0 Å². The molecule has 0 amide bonds.